The van der Waals surface area contributed by atoms with Crippen LogP contribution in [0.2, 0.25) is 0 Å². The number of rotatable bonds is 5. The van der Waals surface area contributed by atoms with Crippen molar-refractivity contribution >= 4 is 0 Å². The van der Waals surface area contributed by atoms with Crippen molar-refractivity contribution in [2.24, 2.45) is 0 Å². The second-order valence-electron chi connectivity index (χ2n) is 6.34. The average molecular weight is 263 g/mol. The molecule has 2 heterocycles. The maximum atomic E-state index is 5.88. The van der Waals surface area contributed by atoms with Gasteiger partial charge in [-0.2, -0.15) is 0 Å². The van der Waals surface area contributed by atoms with Crippen LogP contribution in [-0.2, 0) is 24.2 Å². The van der Waals surface area contributed by atoms with Crippen molar-refractivity contribution < 1.29 is 4.74 Å². The molecule has 0 atom stereocenters. The van der Waals surface area contributed by atoms with Gasteiger partial charge in [-0.25, -0.2) is 4.98 Å². The van der Waals surface area contributed by atoms with Gasteiger partial charge in [0.25, 0.3) is 0 Å². The van der Waals surface area contributed by atoms with Crippen LogP contribution in [0.15, 0.2) is 0 Å². The van der Waals surface area contributed by atoms with Crippen LogP contribution in [-0.4, -0.2) is 28.3 Å². The zero-order chi connectivity index (χ0) is 13.5. The minimum absolute atomic E-state index is 0.113. The Bertz CT molecular complexity index is 460. The Morgan fingerprint density at radius 1 is 1.42 bits per heavy atom. The molecule has 106 valence electrons. The third-order valence-corrected chi connectivity index (χ3v) is 4.03. The third-order valence-electron chi connectivity index (χ3n) is 4.03. The standard InChI is InChI=1S/C15H25N3O/c1-4-19-15(2,3)10-18-13-7-8-16-9-12(13)17-14(18)11-5-6-11/h11,16H,4-10H2,1-3H3. The minimum atomic E-state index is -0.113. The number of fused-ring (bicyclic) bond motifs is 1. The van der Waals surface area contributed by atoms with E-state index in [1.54, 1.807) is 0 Å². The molecule has 1 aromatic heterocycles. The summed E-state index contributed by atoms with van der Waals surface area (Å²) in [5.41, 5.74) is 2.59. The Morgan fingerprint density at radius 3 is 2.89 bits per heavy atom. The fraction of sp³-hybridized carbons (Fsp3) is 0.800. The van der Waals surface area contributed by atoms with Gasteiger partial charge in [0, 0.05) is 37.7 Å². The molecule has 0 bridgehead atoms. The van der Waals surface area contributed by atoms with Crippen molar-refractivity contribution in [2.45, 2.75) is 64.6 Å². The lowest BCUT2D eigenvalue weighted by Crippen LogP contribution is -2.33. The number of nitrogens with one attached hydrogen (secondary N) is 1. The molecular formula is C15H25N3O. The molecule has 4 nitrogen and oxygen atoms in total. The quantitative estimate of drug-likeness (QED) is 0.885. The first kappa shape index (κ1) is 13.1. The molecular weight excluding hydrogens is 238 g/mol. The Labute approximate surface area is 115 Å². The van der Waals surface area contributed by atoms with E-state index in [4.69, 9.17) is 9.72 Å². The van der Waals surface area contributed by atoms with E-state index in [2.05, 4.69) is 30.7 Å². The van der Waals surface area contributed by atoms with Crippen LogP contribution in [0.3, 0.4) is 0 Å². The Hall–Kier alpha value is -0.870. The Balaban J connectivity index is 1.91. The van der Waals surface area contributed by atoms with Gasteiger partial charge < -0.3 is 14.6 Å². The highest BCUT2D eigenvalue weighted by Crippen LogP contribution is 2.41. The van der Waals surface area contributed by atoms with Crippen molar-refractivity contribution in [1.29, 1.82) is 0 Å². The van der Waals surface area contributed by atoms with Crippen molar-refractivity contribution in [3.63, 3.8) is 0 Å². The maximum absolute atomic E-state index is 5.88. The second-order valence-corrected chi connectivity index (χ2v) is 6.34. The zero-order valence-electron chi connectivity index (χ0n) is 12.3. The SMILES string of the molecule is CCOC(C)(C)Cn1c(C2CC2)nc2c1CCNC2. The van der Waals surface area contributed by atoms with Gasteiger partial charge in [-0.05, 0) is 33.6 Å². The molecule has 1 N–H and O–H groups in total. The molecule has 1 saturated carbocycles. The van der Waals surface area contributed by atoms with Crippen LogP contribution >= 0.6 is 0 Å². The van der Waals surface area contributed by atoms with Gasteiger partial charge in [0.1, 0.15) is 5.82 Å². The van der Waals surface area contributed by atoms with E-state index in [-0.39, 0.29) is 5.60 Å². The Kier molecular flexibility index (Phi) is 3.39. The molecule has 19 heavy (non-hydrogen) atoms. The number of imidazole rings is 1. The highest BCUT2D eigenvalue weighted by molar-refractivity contribution is 5.24. The smallest absolute Gasteiger partial charge is 0.112 e. The third kappa shape index (κ3) is 2.70. The van der Waals surface area contributed by atoms with Crippen molar-refractivity contribution in [3.05, 3.63) is 17.2 Å². The summed E-state index contributed by atoms with van der Waals surface area (Å²) in [4.78, 5) is 4.90. The molecule has 3 rings (SSSR count). The predicted molar refractivity (Wildman–Crippen MR) is 75.3 cm³/mol. The van der Waals surface area contributed by atoms with E-state index < -0.39 is 0 Å². The molecule has 0 unspecified atom stereocenters. The normalized spacial score (nSPS) is 19.5. The minimum Gasteiger partial charge on any atom is -0.374 e. The van der Waals surface area contributed by atoms with Crippen LogP contribution in [0.5, 0.6) is 0 Å². The summed E-state index contributed by atoms with van der Waals surface area (Å²) in [6, 6.07) is 0. The van der Waals surface area contributed by atoms with Crippen molar-refractivity contribution in [2.75, 3.05) is 13.2 Å². The molecule has 0 radical (unpaired) electrons. The number of ether oxygens (including phenoxy) is 1. The van der Waals surface area contributed by atoms with Crippen LogP contribution in [0.25, 0.3) is 0 Å². The van der Waals surface area contributed by atoms with E-state index in [1.165, 1.54) is 30.1 Å². The fourth-order valence-electron chi connectivity index (χ4n) is 3.04. The number of aromatic nitrogens is 2. The van der Waals surface area contributed by atoms with Gasteiger partial charge in [0.05, 0.1) is 17.8 Å². The van der Waals surface area contributed by atoms with Gasteiger partial charge >= 0.3 is 0 Å². The van der Waals surface area contributed by atoms with Crippen LogP contribution in [0.1, 0.15) is 56.7 Å². The molecule has 2 aliphatic rings. The first-order valence-corrected chi connectivity index (χ1v) is 7.53. The van der Waals surface area contributed by atoms with Gasteiger partial charge in [-0.15, -0.1) is 0 Å². The summed E-state index contributed by atoms with van der Waals surface area (Å²) in [5, 5.41) is 3.42. The largest absolute Gasteiger partial charge is 0.374 e. The molecule has 1 aliphatic heterocycles. The number of hydrogen-bond donors (Lipinski definition) is 1. The monoisotopic (exact) mass is 263 g/mol. The lowest BCUT2D eigenvalue weighted by atomic mass is 10.1. The zero-order valence-corrected chi connectivity index (χ0v) is 12.3. The van der Waals surface area contributed by atoms with E-state index >= 15 is 0 Å². The lowest BCUT2D eigenvalue weighted by molar-refractivity contribution is -0.0234. The highest BCUT2D eigenvalue weighted by Gasteiger charge is 2.33. The summed E-state index contributed by atoms with van der Waals surface area (Å²) in [7, 11) is 0. The van der Waals surface area contributed by atoms with E-state index in [1.807, 2.05) is 0 Å². The maximum Gasteiger partial charge on any atom is 0.112 e. The van der Waals surface area contributed by atoms with Crippen LogP contribution in [0.4, 0.5) is 0 Å². The summed E-state index contributed by atoms with van der Waals surface area (Å²) in [6.07, 6.45) is 3.70. The van der Waals surface area contributed by atoms with Crippen LogP contribution < -0.4 is 5.32 Å². The van der Waals surface area contributed by atoms with Gasteiger partial charge in [-0.3, -0.25) is 0 Å². The van der Waals surface area contributed by atoms with Crippen molar-refractivity contribution in [1.82, 2.24) is 14.9 Å². The second kappa shape index (κ2) is 4.91. The lowest BCUT2D eigenvalue weighted by Gasteiger charge is -2.28. The molecule has 0 saturated heterocycles. The molecule has 1 aliphatic carbocycles. The topological polar surface area (TPSA) is 39.1 Å². The molecule has 4 heteroatoms. The predicted octanol–water partition coefficient (Wildman–Crippen LogP) is 2.22. The fourth-order valence-corrected chi connectivity index (χ4v) is 3.04. The van der Waals surface area contributed by atoms with Gasteiger partial charge in [-0.1, -0.05) is 0 Å². The number of hydrogen-bond acceptors (Lipinski definition) is 3. The van der Waals surface area contributed by atoms with E-state index in [0.717, 1.165) is 32.7 Å². The first-order chi connectivity index (χ1) is 9.11. The highest BCUT2D eigenvalue weighted by atomic mass is 16.5. The molecule has 1 fully saturated rings. The van der Waals surface area contributed by atoms with E-state index in [0.29, 0.717) is 5.92 Å². The summed E-state index contributed by atoms with van der Waals surface area (Å²) < 4.78 is 8.35. The molecule has 0 spiro atoms. The molecule has 0 amide bonds. The van der Waals surface area contributed by atoms with Gasteiger partial charge in [0.2, 0.25) is 0 Å². The Morgan fingerprint density at radius 2 is 2.21 bits per heavy atom. The summed E-state index contributed by atoms with van der Waals surface area (Å²) in [6.45, 7) is 10.1. The van der Waals surface area contributed by atoms with E-state index in [9.17, 15) is 0 Å². The summed E-state index contributed by atoms with van der Waals surface area (Å²) >= 11 is 0. The average Bonchev–Trinajstić information content (AvgIpc) is 3.14. The molecule has 0 aromatic carbocycles. The van der Waals surface area contributed by atoms with Gasteiger partial charge in [0.15, 0.2) is 0 Å². The van der Waals surface area contributed by atoms with Crippen molar-refractivity contribution in [3.8, 4) is 0 Å². The number of nitrogens with zero attached hydrogens (tertiary/aromatic N) is 2. The summed E-state index contributed by atoms with van der Waals surface area (Å²) in [5.74, 6) is 2.00. The van der Waals surface area contributed by atoms with Crippen LogP contribution in [0, 0.1) is 0 Å². The molecule has 1 aromatic rings. The first-order valence-electron chi connectivity index (χ1n) is 7.53.